The van der Waals surface area contributed by atoms with Gasteiger partial charge in [-0.1, -0.05) is 0 Å². The predicted octanol–water partition coefficient (Wildman–Crippen LogP) is 2.20. The Bertz CT molecular complexity index is 765. The van der Waals surface area contributed by atoms with Crippen LogP contribution in [0, 0.1) is 12.8 Å². The first-order chi connectivity index (χ1) is 12.6. The molecule has 1 N–H and O–H groups in total. The molecule has 0 aliphatic carbocycles. The molecule has 2 aromatic heterocycles. The van der Waals surface area contributed by atoms with E-state index in [0.29, 0.717) is 12.5 Å². The Hall–Kier alpha value is -1.70. The number of hydrogen-bond acceptors (Lipinski definition) is 5. The van der Waals surface area contributed by atoms with Crippen molar-refractivity contribution in [2.75, 3.05) is 26.2 Å². The van der Waals surface area contributed by atoms with Crippen molar-refractivity contribution in [3.63, 3.8) is 0 Å². The zero-order valence-electron chi connectivity index (χ0n) is 15.4. The Morgan fingerprint density at radius 2 is 2.35 bits per heavy atom. The van der Waals surface area contributed by atoms with Crippen LogP contribution in [-0.4, -0.2) is 52.4 Å². The minimum atomic E-state index is -0.0131. The molecule has 4 rings (SSSR count). The van der Waals surface area contributed by atoms with Gasteiger partial charge in [0.25, 0.3) is 5.91 Å². The second-order valence-electron chi connectivity index (χ2n) is 7.50. The first-order valence-corrected chi connectivity index (χ1v) is 10.2. The van der Waals surface area contributed by atoms with E-state index in [0.717, 1.165) is 50.3 Å². The lowest BCUT2D eigenvalue weighted by atomic mass is 9.79. The molecular formula is C19H26N4O2S. The molecule has 6 nitrogen and oxygen atoms in total. The van der Waals surface area contributed by atoms with Crippen LogP contribution in [0.1, 0.15) is 34.6 Å². The van der Waals surface area contributed by atoms with Gasteiger partial charge < -0.3 is 10.1 Å². The fourth-order valence-corrected chi connectivity index (χ4v) is 4.90. The van der Waals surface area contributed by atoms with Gasteiger partial charge in [0.1, 0.15) is 0 Å². The van der Waals surface area contributed by atoms with Crippen LogP contribution in [0.3, 0.4) is 0 Å². The Morgan fingerprint density at radius 1 is 1.50 bits per heavy atom. The quantitative estimate of drug-likeness (QED) is 0.842. The Balaban J connectivity index is 1.26. The molecule has 26 heavy (non-hydrogen) atoms. The first-order valence-electron chi connectivity index (χ1n) is 9.22. The van der Waals surface area contributed by atoms with E-state index in [1.807, 2.05) is 35.5 Å². The molecule has 1 amide bonds. The number of hydrogen-bond donors (Lipinski definition) is 1. The smallest absolute Gasteiger partial charge is 0.252 e. The summed E-state index contributed by atoms with van der Waals surface area (Å²) in [6.07, 6.45) is 2.07. The summed E-state index contributed by atoms with van der Waals surface area (Å²) in [5.41, 5.74) is 3.05. The number of aromatic nitrogens is 2. The molecule has 1 unspecified atom stereocenters. The average molecular weight is 375 g/mol. The summed E-state index contributed by atoms with van der Waals surface area (Å²) in [5.74, 6) is 0.552. The molecule has 7 heteroatoms. The SMILES string of the molecule is Cc1cc(CN2CC3(C2)OCCC3CCNC(=O)c2ccsc2)n(C)n1. The van der Waals surface area contributed by atoms with Gasteiger partial charge in [0.2, 0.25) is 0 Å². The first kappa shape index (κ1) is 17.7. The largest absolute Gasteiger partial charge is 0.372 e. The fraction of sp³-hybridized carbons (Fsp3) is 0.579. The maximum Gasteiger partial charge on any atom is 0.252 e. The monoisotopic (exact) mass is 374 g/mol. The van der Waals surface area contributed by atoms with E-state index in [1.54, 1.807) is 11.3 Å². The van der Waals surface area contributed by atoms with Crippen molar-refractivity contribution in [2.45, 2.75) is 31.9 Å². The summed E-state index contributed by atoms with van der Waals surface area (Å²) in [4.78, 5) is 14.5. The van der Waals surface area contributed by atoms with Gasteiger partial charge in [0, 0.05) is 50.8 Å². The van der Waals surface area contributed by atoms with Gasteiger partial charge in [-0.3, -0.25) is 14.4 Å². The van der Waals surface area contributed by atoms with Crippen LogP contribution in [0.15, 0.2) is 22.9 Å². The lowest BCUT2D eigenvalue weighted by molar-refractivity contribution is -0.137. The second kappa shape index (κ2) is 7.13. The molecule has 0 radical (unpaired) electrons. The van der Waals surface area contributed by atoms with Gasteiger partial charge in [0.15, 0.2) is 0 Å². The van der Waals surface area contributed by atoms with Crippen molar-refractivity contribution in [1.82, 2.24) is 20.0 Å². The molecule has 0 bridgehead atoms. The van der Waals surface area contributed by atoms with Crippen molar-refractivity contribution in [2.24, 2.45) is 13.0 Å². The lowest BCUT2D eigenvalue weighted by Crippen LogP contribution is -2.64. The molecule has 2 aliphatic rings. The molecule has 0 aromatic carbocycles. The fourth-order valence-electron chi connectivity index (χ4n) is 4.26. The molecule has 2 aliphatic heterocycles. The topological polar surface area (TPSA) is 59.4 Å². The predicted molar refractivity (Wildman–Crippen MR) is 101 cm³/mol. The molecule has 1 atom stereocenters. The van der Waals surface area contributed by atoms with Crippen LogP contribution in [0.5, 0.6) is 0 Å². The van der Waals surface area contributed by atoms with Crippen LogP contribution in [-0.2, 0) is 18.3 Å². The number of ether oxygens (including phenoxy) is 1. The summed E-state index contributed by atoms with van der Waals surface area (Å²) in [6.45, 7) is 6.44. The van der Waals surface area contributed by atoms with Crippen molar-refractivity contribution in [3.05, 3.63) is 39.8 Å². The normalized spacial score (nSPS) is 21.8. The van der Waals surface area contributed by atoms with Gasteiger partial charge in [-0.2, -0.15) is 16.4 Å². The van der Waals surface area contributed by atoms with Crippen LogP contribution >= 0.6 is 11.3 Å². The zero-order chi connectivity index (χ0) is 18.1. The molecule has 2 saturated heterocycles. The summed E-state index contributed by atoms with van der Waals surface area (Å²) in [6, 6.07) is 4.02. The van der Waals surface area contributed by atoms with E-state index >= 15 is 0 Å². The van der Waals surface area contributed by atoms with Crippen molar-refractivity contribution < 1.29 is 9.53 Å². The number of thiophene rings is 1. The number of nitrogens with one attached hydrogen (secondary N) is 1. The van der Waals surface area contributed by atoms with Crippen LogP contribution in [0.4, 0.5) is 0 Å². The van der Waals surface area contributed by atoms with E-state index in [2.05, 4.69) is 21.4 Å². The Morgan fingerprint density at radius 3 is 3.04 bits per heavy atom. The summed E-state index contributed by atoms with van der Waals surface area (Å²) in [7, 11) is 2.00. The lowest BCUT2D eigenvalue weighted by Gasteiger charge is -2.50. The number of amides is 1. The highest BCUT2D eigenvalue weighted by Crippen LogP contribution is 2.42. The van der Waals surface area contributed by atoms with Gasteiger partial charge in [-0.25, -0.2) is 0 Å². The molecule has 140 valence electrons. The summed E-state index contributed by atoms with van der Waals surface area (Å²) < 4.78 is 8.11. The number of nitrogens with zero attached hydrogens (tertiary/aromatic N) is 3. The van der Waals surface area contributed by atoms with Gasteiger partial charge in [0.05, 0.1) is 17.0 Å². The highest BCUT2D eigenvalue weighted by Gasteiger charge is 2.52. The van der Waals surface area contributed by atoms with E-state index in [1.165, 1.54) is 5.69 Å². The highest BCUT2D eigenvalue weighted by molar-refractivity contribution is 7.08. The third-order valence-electron chi connectivity index (χ3n) is 5.63. The maximum absolute atomic E-state index is 12.1. The van der Waals surface area contributed by atoms with E-state index in [9.17, 15) is 4.79 Å². The highest BCUT2D eigenvalue weighted by atomic mass is 32.1. The van der Waals surface area contributed by atoms with E-state index in [4.69, 9.17) is 4.74 Å². The van der Waals surface area contributed by atoms with Crippen LogP contribution < -0.4 is 5.32 Å². The standard InChI is InChI=1S/C19H26N4O2S/c1-14-9-17(22(2)21-14)10-23-12-19(13-23)16(4-7-25-19)3-6-20-18(24)15-5-8-26-11-15/h5,8-9,11,16H,3-4,6-7,10,12-13H2,1-2H3,(H,20,24). The minimum Gasteiger partial charge on any atom is -0.372 e. The Labute approximate surface area is 158 Å². The minimum absolute atomic E-state index is 0.0131. The molecule has 1 spiro atoms. The third kappa shape index (κ3) is 3.43. The number of rotatable bonds is 6. The van der Waals surface area contributed by atoms with Crippen molar-refractivity contribution in [3.8, 4) is 0 Å². The van der Waals surface area contributed by atoms with Gasteiger partial charge in [-0.05, 0) is 43.2 Å². The Kier molecular flexibility index (Phi) is 4.86. The van der Waals surface area contributed by atoms with E-state index < -0.39 is 0 Å². The van der Waals surface area contributed by atoms with Crippen LogP contribution in [0.25, 0.3) is 0 Å². The van der Waals surface area contributed by atoms with Crippen molar-refractivity contribution >= 4 is 17.2 Å². The zero-order valence-corrected chi connectivity index (χ0v) is 16.2. The van der Waals surface area contributed by atoms with Gasteiger partial charge >= 0.3 is 0 Å². The number of aryl methyl sites for hydroxylation is 2. The third-order valence-corrected chi connectivity index (χ3v) is 6.31. The second-order valence-corrected chi connectivity index (χ2v) is 8.28. The number of carbonyl (C=O) groups excluding carboxylic acids is 1. The maximum atomic E-state index is 12.1. The molecule has 2 aromatic rings. The van der Waals surface area contributed by atoms with E-state index in [-0.39, 0.29) is 11.5 Å². The molecule has 2 fully saturated rings. The average Bonchev–Trinajstić information content (AvgIpc) is 3.28. The molecular weight excluding hydrogens is 348 g/mol. The molecule has 4 heterocycles. The van der Waals surface area contributed by atoms with Gasteiger partial charge in [-0.15, -0.1) is 0 Å². The molecule has 0 saturated carbocycles. The van der Waals surface area contributed by atoms with Crippen molar-refractivity contribution in [1.29, 1.82) is 0 Å². The summed E-state index contributed by atoms with van der Waals surface area (Å²) >= 11 is 1.55. The summed E-state index contributed by atoms with van der Waals surface area (Å²) in [5, 5.41) is 11.3. The number of likely N-dealkylation sites (tertiary alicyclic amines) is 1. The number of carbonyl (C=O) groups is 1. The van der Waals surface area contributed by atoms with Crippen LogP contribution in [0.2, 0.25) is 0 Å².